The zero-order valence-corrected chi connectivity index (χ0v) is 23.7. The Balaban J connectivity index is 1.29. The second-order valence-electron chi connectivity index (χ2n) is 11.7. The predicted molar refractivity (Wildman–Crippen MR) is 145 cm³/mol. The minimum atomic E-state index is -3.24. The number of carbonyl (C=O) groups is 1. The van der Waals surface area contributed by atoms with Crippen LogP contribution in [0.5, 0.6) is 0 Å². The maximum absolute atomic E-state index is 13.5. The van der Waals surface area contributed by atoms with Crippen LogP contribution in [0.3, 0.4) is 0 Å². The lowest BCUT2D eigenvalue weighted by atomic mass is 9.73. The SMILES string of the molecule is CC1(C)C[C@@H]2CN(C(=O)N3CCN(S(C)(=O)=O)CC3)CC1N(c1ccc(N3CCS(=O)(=O)CC3)cc1)C2. The van der Waals surface area contributed by atoms with Crippen LogP contribution in [-0.2, 0) is 19.9 Å². The van der Waals surface area contributed by atoms with Crippen molar-refractivity contribution >= 4 is 37.3 Å². The summed E-state index contributed by atoms with van der Waals surface area (Å²) >= 11 is 0. The molecule has 0 aliphatic carbocycles. The van der Waals surface area contributed by atoms with Gasteiger partial charge in [0.15, 0.2) is 9.84 Å². The van der Waals surface area contributed by atoms with Crippen LogP contribution in [0.15, 0.2) is 24.3 Å². The van der Waals surface area contributed by atoms with Crippen LogP contribution < -0.4 is 9.80 Å². The van der Waals surface area contributed by atoms with E-state index >= 15 is 0 Å². The third-order valence-corrected chi connectivity index (χ3v) is 11.5. The van der Waals surface area contributed by atoms with Gasteiger partial charge in [0.1, 0.15) is 0 Å². The van der Waals surface area contributed by atoms with Crippen molar-refractivity contribution in [1.82, 2.24) is 14.1 Å². The third-order valence-electron chi connectivity index (χ3n) is 8.56. The number of hydrogen-bond donors (Lipinski definition) is 0. The Bertz CT molecular complexity index is 1210. The average molecular weight is 554 g/mol. The van der Waals surface area contributed by atoms with E-state index in [1.165, 1.54) is 10.6 Å². The van der Waals surface area contributed by atoms with Crippen molar-refractivity contribution < 1.29 is 21.6 Å². The molecule has 0 N–H and O–H groups in total. The van der Waals surface area contributed by atoms with Crippen LogP contribution in [0.25, 0.3) is 0 Å². The highest BCUT2D eigenvalue weighted by Crippen LogP contribution is 2.43. The average Bonchev–Trinajstić information content (AvgIpc) is 3.10. The second kappa shape index (κ2) is 9.60. The minimum absolute atomic E-state index is 0.0121. The molecule has 5 aliphatic rings. The molecule has 5 aliphatic heterocycles. The molecule has 2 bridgehead atoms. The van der Waals surface area contributed by atoms with Crippen molar-refractivity contribution in [2.24, 2.45) is 11.3 Å². The summed E-state index contributed by atoms with van der Waals surface area (Å²) in [6.07, 6.45) is 2.28. The molecule has 0 spiro atoms. The van der Waals surface area contributed by atoms with Gasteiger partial charge in [-0.1, -0.05) is 13.8 Å². The van der Waals surface area contributed by atoms with Crippen molar-refractivity contribution in [2.45, 2.75) is 26.3 Å². The summed E-state index contributed by atoms with van der Waals surface area (Å²) in [5, 5.41) is 0. The van der Waals surface area contributed by atoms with Gasteiger partial charge in [-0.25, -0.2) is 21.6 Å². The monoisotopic (exact) mass is 553 g/mol. The third kappa shape index (κ3) is 5.56. The number of carbonyl (C=O) groups excluding carboxylic acids is 1. The van der Waals surface area contributed by atoms with Crippen molar-refractivity contribution in [1.29, 1.82) is 0 Å². The molecule has 10 nitrogen and oxygen atoms in total. The maximum Gasteiger partial charge on any atom is 0.320 e. The molecule has 1 aromatic carbocycles. The molecule has 5 heterocycles. The van der Waals surface area contributed by atoms with Gasteiger partial charge in [0.25, 0.3) is 0 Å². The number of piperazine rings is 1. The molecule has 206 valence electrons. The highest BCUT2D eigenvalue weighted by molar-refractivity contribution is 7.91. The summed E-state index contributed by atoms with van der Waals surface area (Å²) in [6.45, 7) is 9.40. The normalized spacial score (nSPS) is 28.3. The second-order valence-corrected chi connectivity index (χ2v) is 16.0. The lowest BCUT2D eigenvalue weighted by Crippen LogP contribution is -2.56. The summed E-state index contributed by atoms with van der Waals surface area (Å²) in [7, 11) is -6.15. The first-order valence-electron chi connectivity index (χ1n) is 13.1. The molecular weight excluding hydrogens is 514 g/mol. The molecule has 5 saturated heterocycles. The highest BCUT2D eigenvalue weighted by Gasteiger charge is 2.47. The molecule has 37 heavy (non-hydrogen) atoms. The van der Waals surface area contributed by atoms with Gasteiger partial charge >= 0.3 is 6.03 Å². The van der Waals surface area contributed by atoms with Gasteiger partial charge in [-0.05, 0) is 42.0 Å². The van der Waals surface area contributed by atoms with Crippen LogP contribution in [0, 0.1) is 11.3 Å². The van der Waals surface area contributed by atoms with Gasteiger partial charge in [-0.15, -0.1) is 0 Å². The number of sulfone groups is 1. The fourth-order valence-corrected chi connectivity index (χ4v) is 8.54. The summed E-state index contributed by atoms with van der Waals surface area (Å²) in [4.78, 5) is 21.9. The molecule has 6 rings (SSSR count). The quantitative estimate of drug-likeness (QED) is 0.554. The Labute approximate surface area is 221 Å². The van der Waals surface area contributed by atoms with E-state index in [1.54, 1.807) is 4.90 Å². The minimum Gasteiger partial charge on any atom is -0.369 e. The zero-order valence-electron chi connectivity index (χ0n) is 22.0. The summed E-state index contributed by atoms with van der Waals surface area (Å²) < 4.78 is 48.8. The highest BCUT2D eigenvalue weighted by atomic mass is 32.2. The van der Waals surface area contributed by atoms with E-state index in [9.17, 15) is 21.6 Å². The van der Waals surface area contributed by atoms with Crippen LogP contribution >= 0.6 is 0 Å². The molecule has 1 unspecified atom stereocenters. The molecule has 2 amide bonds. The number of urea groups is 1. The molecule has 2 atom stereocenters. The van der Waals surface area contributed by atoms with Crippen molar-refractivity contribution in [2.75, 3.05) is 86.5 Å². The fourth-order valence-electron chi connectivity index (χ4n) is 6.51. The van der Waals surface area contributed by atoms with Crippen LogP contribution in [0.4, 0.5) is 16.2 Å². The number of amides is 2. The molecule has 0 saturated carbocycles. The van der Waals surface area contributed by atoms with Gasteiger partial charge < -0.3 is 19.6 Å². The van der Waals surface area contributed by atoms with Crippen LogP contribution in [0.2, 0.25) is 0 Å². The molecule has 0 radical (unpaired) electrons. The number of fused-ring (bicyclic) bond motifs is 4. The fraction of sp³-hybridized carbons (Fsp3) is 0.720. The Hall–Kier alpha value is -2.05. The first-order valence-corrected chi connectivity index (χ1v) is 16.8. The molecular formula is C25H39N5O5S2. The van der Waals surface area contributed by atoms with E-state index in [1.807, 2.05) is 4.90 Å². The number of sulfonamides is 1. The van der Waals surface area contributed by atoms with Crippen molar-refractivity contribution in [3.8, 4) is 0 Å². The number of benzene rings is 1. The Morgan fingerprint density at radius 3 is 2.05 bits per heavy atom. The van der Waals surface area contributed by atoms with Crippen molar-refractivity contribution in [3.05, 3.63) is 24.3 Å². The lowest BCUT2D eigenvalue weighted by molar-refractivity contribution is 0.132. The molecule has 12 heteroatoms. The number of hydrogen-bond acceptors (Lipinski definition) is 7. The number of rotatable bonds is 3. The molecule has 1 aromatic rings. The van der Waals surface area contributed by atoms with Crippen molar-refractivity contribution in [3.63, 3.8) is 0 Å². The van der Waals surface area contributed by atoms with Crippen LogP contribution in [0.1, 0.15) is 20.3 Å². The number of anilines is 2. The van der Waals surface area contributed by atoms with E-state index in [-0.39, 0.29) is 29.0 Å². The van der Waals surface area contributed by atoms with Gasteiger partial charge in [-0.3, -0.25) is 0 Å². The van der Waals surface area contributed by atoms with E-state index in [0.29, 0.717) is 58.3 Å². The van der Waals surface area contributed by atoms with E-state index in [4.69, 9.17) is 0 Å². The van der Waals surface area contributed by atoms with Gasteiger partial charge in [-0.2, -0.15) is 4.31 Å². The standard InChI is InChI=1S/C25H39N5O5S2/c1-25(2)16-20-17-28(24(31)27-8-10-29(11-9-27)36(3,32)33)19-23(25)30(18-20)22-6-4-21(5-7-22)26-12-14-37(34,35)15-13-26/h4-7,20,23H,8-19H2,1-3H3/t20-,23?/m1/s1. The zero-order chi connectivity index (χ0) is 26.6. The summed E-state index contributed by atoms with van der Waals surface area (Å²) in [5.41, 5.74) is 2.21. The smallest absolute Gasteiger partial charge is 0.320 e. The van der Waals surface area contributed by atoms with Gasteiger partial charge in [0, 0.05) is 70.3 Å². The van der Waals surface area contributed by atoms with Gasteiger partial charge in [0.05, 0.1) is 23.8 Å². The predicted octanol–water partition coefficient (Wildman–Crippen LogP) is 1.16. The first kappa shape index (κ1) is 26.6. The Morgan fingerprint density at radius 1 is 0.865 bits per heavy atom. The van der Waals surface area contributed by atoms with Crippen LogP contribution in [-0.4, -0.2) is 120 Å². The largest absolute Gasteiger partial charge is 0.369 e. The van der Waals surface area contributed by atoms with E-state index < -0.39 is 19.9 Å². The summed E-state index contributed by atoms with van der Waals surface area (Å²) in [6, 6.07) is 8.61. The van der Waals surface area contributed by atoms with Gasteiger partial charge in [0.2, 0.25) is 10.0 Å². The molecule has 0 aromatic heterocycles. The van der Waals surface area contributed by atoms with E-state index in [0.717, 1.165) is 24.3 Å². The summed E-state index contributed by atoms with van der Waals surface area (Å²) in [5.74, 6) is 0.750. The van der Waals surface area contributed by atoms with E-state index in [2.05, 4.69) is 47.9 Å². The topological polar surface area (TPSA) is 102 Å². The first-order chi connectivity index (χ1) is 17.3. The Kier molecular flexibility index (Phi) is 6.89. The number of piperidine rings is 1. The maximum atomic E-state index is 13.5. The Morgan fingerprint density at radius 2 is 1.46 bits per heavy atom. The molecule has 5 fully saturated rings. The number of nitrogens with zero attached hydrogens (tertiary/aromatic N) is 5. The lowest BCUT2D eigenvalue weighted by Gasteiger charge is -2.48.